The number of fused-ring (bicyclic) bond motifs is 4. The van der Waals surface area contributed by atoms with Crippen molar-refractivity contribution in [3.8, 4) is 44.6 Å². The number of rotatable bonds is 7. The Balaban J connectivity index is 0.947. The number of para-hydroxylation sites is 2. The van der Waals surface area contributed by atoms with Crippen molar-refractivity contribution in [2.45, 2.75) is 0 Å². The molecule has 272 valence electrons. The predicted molar refractivity (Wildman–Crippen MR) is 242 cm³/mol. The maximum Gasteiger partial charge on any atom is 0.148 e. The van der Waals surface area contributed by atoms with Gasteiger partial charge < -0.3 is 4.90 Å². The van der Waals surface area contributed by atoms with E-state index in [-0.39, 0.29) is 0 Å². The summed E-state index contributed by atoms with van der Waals surface area (Å²) in [4.78, 5) is 14.8. The lowest BCUT2D eigenvalue weighted by molar-refractivity contribution is 1.20. The average molecular weight is 741 g/mol. The Morgan fingerprint density at radius 3 is 1.41 bits per heavy atom. The van der Waals surface area contributed by atoms with Crippen LogP contribution in [0.15, 0.2) is 219 Å². The Morgan fingerprint density at radius 1 is 0.379 bits per heavy atom. The van der Waals surface area contributed by atoms with E-state index in [2.05, 4.69) is 222 Å². The minimum atomic E-state index is 0.904. The highest BCUT2D eigenvalue weighted by atomic mass is 15.2. The van der Waals surface area contributed by atoms with Gasteiger partial charge in [0.15, 0.2) is 0 Å². The first kappa shape index (κ1) is 33.5. The second kappa shape index (κ2) is 14.0. The molecule has 4 heteroatoms. The molecule has 0 spiro atoms. The SMILES string of the molecule is c1ccc(-c2ccc(N(c3ccc(-c4ccccc4)cc3)c3ccc(-c4ccc(N5c6ccccc6-c6nccc7c6c5nc5ccccc57)cc4)cc3)cc2)cc1. The van der Waals surface area contributed by atoms with Gasteiger partial charge in [-0.05, 0) is 105 Å². The van der Waals surface area contributed by atoms with Crippen LogP contribution in [-0.4, -0.2) is 9.97 Å². The smallest absolute Gasteiger partial charge is 0.148 e. The molecule has 10 aromatic rings. The zero-order chi connectivity index (χ0) is 38.4. The van der Waals surface area contributed by atoms with Crippen molar-refractivity contribution in [3.63, 3.8) is 0 Å². The first-order chi connectivity index (χ1) is 28.8. The van der Waals surface area contributed by atoms with Gasteiger partial charge in [0, 0.05) is 39.9 Å². The molecule has 0 saturated carbocycles. The van der Waals surface area contributed by atoms with E-state index in [1.165, 1.54) is 22.3 Å². The normalized spacial score (nSPS) is 11.8. The fraction of sp³-hybridized carbons (Fsp3) is 0. The van der Waals surface area contributed by atoms with Crippen molar-refractivity contribution in [3.05, 3.63) is 219 Å². The van der Waals surface area contributed by atoms with E-state index in [0.717, 1.165) is 78.3 Å². The largest absolute Gasteiger partial charge is 0.311 e. The molecule has 0 radical (unpaired) electrons. The van der Waals surface area contributed by atoms with Gasteiger partial charge in [-0.2, -0.15) is 0 Å². The lowest BCUT2D eigenvalue weighted by atomic mass is 9.95. The van der Waals surface area contributed by atoms with Crippen LogP contribution in [-0.2, 0) is 0 Å². The molecule has 0 amide bonds. The Bertz CT molecular complexity index is 2990. The van der Waals surface area contributed by atoms with Crippen LogP contribution in [0.5, 0.6) is 0 Å². The Labute approximate surface area is 337 Å². The molecule has 58 heavy (non-hydrogen) atoms. The van der Waals surface area contributed by atoms with Crippen LogP contribution in [0.2, 0.25) is 0 Å². The molecule has 0 atom stereocenters. The monoisotopic (exact) mass is 740 g/mol. The minimum absolute atomic E-state index is 0.904. The summed E-state index contributed by atoms with van der Waals surface area (Å²) < 4.78 is 0. The number of pyridine rings is 2. The van der Waals surface area contributed by atoms with E-state index >= 15 is 0 Å². The molecule has 1 aliphatic rings. The van der Waals surface area contributed by atoms with Crippen molar-refractivity contribution in [2.24, 2.45) is 0 Å². The molecule has 0 fully saturated rings. The van der Waals surface area contributed by atoms with Crippen molar-refractivity contribution < 1.29 is 0 Å². The first-order valence-corrected chi connectivity index (χ1v) is 19.7. The van der Waals surface area contributed by atoms with Crippen LogP contribution in [0.3, 0.4) is 0 Å². The molecule has 0 unspecified atom stereocenters. The maximum atomic E-state index is 5.27. The summed E-state index contributed by atoms with van der Waals surface area (Å²) in [5.41, 5.74) is 15.5. The summed E-state index contributed by atoms with van der Waals surface area (Å²) >= 11 is 0. The number of hydrogen-bond acceptors (Lipinski definition) is 4. The molecule has 1 aliphatic heterocycles. The summed E-state index contributed by atoms with van der Waals surface area (Å²) in [7, 11) is 0. The molecular weight excluding hydrogens is 705 g/mol. The van der Waals surface area contributed by atoms with E-state index in [9.17, 15) is 0 Å². The average Bonchev–Trinajstić information content (AvgIpc) is 3.31. The third-order valence-electron chi connectivity index (χ3n) is 11.3. The topological polar surface area (TPSA) is 32.3 Å². The Kier molecular flexibility index (Phi) is 8.11. The van der Waals surface area contributed by atoms with Crippen LogP contribution in [0.25, 0.3) is 66.3 Å². The van der Waals surface area contributed by atoms with Gasteiger partial charge >= 0.3 is 0 Å². The minimum Gasteiger partial charge on any atom is -0.311 e. The molecule has 11 rings (SSSR count). The predicted octanol–water partition coefficient (Wildman–Crippen LogP) is 14.7. The third kappa shape index (κ3) is 5.78. The van der Waals surface area contributed by atoms with E-state index < -0.39 is 0 Å². The molecule has 8 aromatic carbocycles. The third-order valence-corrected chi connectivity index (χ3v) is 11.3. The molecule has 0 bridgehead atoms. The molecule has 4 nitrogen and oxygen atoms in total. The van der Waals surface area contributed by atoms with Crippen LogP contribution >= 0.6 is 0 Å². The Morgan fingerprint density at radius 2 is 0.845 bits per heavy atom. The van der Waals surface area contributed by atoms with Gasteiger partial charge in [-0.25, -0.2) is 4.98 Å². The maximum absolute atomic E-state index is 5.27. The highest BCUT2D eigenvalue weighted by Gasteiger charge is 2.29. The van der Waals surface area contributed by atoms with Crippen molar-refractivity contribution in [1.82, 2.24) is 9.97 Å². The second-order valence-electron chi connectivity index (χ2n) is 14.6. The molecular formula is C54H36N4. The highest BCUT2D eigenvalue weighted by Crippen LogP contribution is 2.50. The molecule has 0 aliphatic carbocycles. The van der Waals surface area contributed by atoms with Crippen LogP contribution in [0.4, 0.5) is 34.3 Å². The van der Waals surface area contributed by atoms with E-state index in [1.807, 2.05) is 6.20 Å². The molecule has 3 heterocycles. The van der Waals surface area contributed by atoms with Crippen molar-refractivity contribution in [1.29, 1.82) is 0 Å². The van der Waals surface area contributed by atoms with Gasteiger partial charge in [0.2, 0.25) is 0 Å². The van der Waals surface area contributed by atoms with E-state index in [0.29, 0.717) is 0 Å². The van der Waals surface area contributed by atoms with Crippen LogP contribution < -0.4 is 9.80 Å². The highest BCUT2D eigenvalue weighted by molar-refractivity contribution is 6.19. The van der Waals surface area contributed by atoms with Crippen molar-refractivity contribution in [2.75, 3.05) is 9.80 Å². The number of nitrogens with zero attached hydrogens (tertiary/aromatic N) is 4. The standard InChI is InChI=1S/C54H36N4/c1-3-11-37(12-4-1)39-19-27-43(28-20-39)57(44-29-21-40(22-30-44)38-13-5-2-6-14-38)45-31-23-41(24-32-45)42-25-33-46(34-26-42)58-51-18-10-8-16-49(51)53-52-48(35-36-55-53)47-15-7-9-17-50(47)56-54(52)58/h1-36H. The quantitative estimate of drug-likeness (QED) is 0.152. The van der Waals surface area contributed by atoms with Gasteiger partial charge in [-0.15, -0.1) is 0 Å². The molecule has 0 N–H and O–H groups in total. The van der Waals surface area contributed by atoms with Gasteiger partial charge in [0.1, 0.15) is 5.82 Å². The second-order valence-corrected chi connectivity index (χ2v) is 14.6. The summed E-state index contributed by atoms with van der Waals surface area (Å²) in [6.07, 6.45) is 1.92. The first-order valence-electron chi connectivity index (χ1n) is 19.7. The van der Waals surface area contributed by atoms with E-state index in [4.69, 9.17) is 9.97 Å². The zero-order valence-corrected chi connectivity index (χ0v) is 31.6. The summed E-state index contributed by atoms with van der Waals surface area (Å²) in [5.74, 6) is 0.904. The summed E-state index contributed by atoms with van der Waals surface area (Å²) in [6, 6.07) is 75.5. The van der Waals surface area contributed by atoms with Gasteiger partial charge in [0.05, 0.1) is 22.3 Å². The molecule has 0 saturated heterocycles. The lowest BCUT2D eigenvalue weighted by Gasteiger charge is -2.32. The fourth-order valence-electron chi connectivity index (χ4n) is 8.41. The van der Waals surface area contributed by atoms with Gasteiger partial charge in [0.25, 0.3) is 0 Å². The zero-order valence-electron chi connectivity index (χ0n) is 31.6. The van der Waals surface area contributed by atoms with Crippen LogP contribution in [0.1, 0.15) is 0 Å². The van der Waals surface area contributed by atoms with Gasteiger partial charge in [-0.3, -0.25) is 9.88 Å². The fourth-order valence-corrected chi connectivity index (χ4v) is 8.41. The van der Waals surface area contributed by atoms with Gasteiger partial charge in [-0.1, -0.05) is 146 Å². The number of anilines is 6. The number of benzene rings is 8. The van der Waals surface area contributed by atoms with E-state index in [1.54, 1.807) is 0 Å². The number of aromatic nitrogens is 2. The molecule has 2 aromatic heterocycles. The Hall–Kier alpha value is -7.82. The summed E-state index contributed by atoms with van der Waals surface area (Å²) in [6.45, 7) is 0. The lowest BCUT2D eigenvalue weighted by Crippen LogP contribution is -2.17. The van der Waals surface area contributed by atoms with Crippen molar-refractivity contribution >= 4 is 55.9 Å². The summed E-state index contributed by atoms with van der Waals surface area (Å²) in [5, 5.41) is 3.37. The number of hydrogen-bond donors (Lipinski definition) is 0. The van der Waals surface area contributed by atoms with Crippen LogP contribution in [0, 0.1) is 0 Å².